The first-order valence-electron chi connectivity index (χ1n) is 6.70. The smallest absolute Gasteiger partial charge is 0.320 e. The summed E-state index contributed by atoms with van der Waals surface area (Å²) in [4.78, 5) is 10.9. The van der Waals surface area contributed by atoms with E-state index in [2.05, 4.69) is 5.32 Å². The molecule has 1 rings (SSSR count). The van der Waals surface area contributed by atoms with E-state index in [9.17, 15) is 4.79 Å². The monoisotopic (exact) mass is 227 g/mol. The van der Waals surface area contributed by atoms with Crippen LogP contribution in [-0.2, 0) is 4.79 Å². The predicted octanol–water partition coefficient (Wildman–Crippen LogP) is 2.80. The lowest BCUT2D eigenvalue weighted by Crippen LogP contribution is -2.36. The van der Waals surface area contributed by atoms with E-state index in [4.69, 9.17) is 5.11 Å². The molecule has 16 heavy (non-hydrogen) atoms. The number of carboxylic acid groups (broad SMARTS) is 1. The highest BCUT2D eigenvalue weighted by Gasteiger charge is 2.17. The van der Waals surface area contributed by atoms with E-state index in [0.717, 1.165) is 25.3 Å². The molecule has 0 radical (unpaired) electrons. The summed E-state index contributed by atoms with van der Waals surface area (Å²) in [6.07, 6.45) is 9.91. The quantitative estimate of drug-likeness (QED) is 0.703. The molecule has 0 aromatic rings. The van der Waals surface area contributed by atoms with Gasteiger partial charge in [-0.3, -0.25) is 4.79 Å². The lowest BCUT2D eigenvalue weighted by Gasteiger charge is -2.22. The minimum absolute atomic E-state index is 0.339. The molecule has 1 atom stereocenters. The highest BCUT2D eigenvalue weighted by atomic mass is 16.4. The van der Waals surface area contributed by atoms with Crippen molar-refractivity contribution in [2.75, 3.05) is 6.54 Å². The molecule has 0 heterocycles. The summed E-state index contributed by atoms with van der Waals surface area (Å²) in [7, 11) is 0. The summed E-state index contributed by atoms with van der Waals surface area (Å²) in [5, 5.41) is 12.0. The van der Waals surface area contributed by atoms with E-state index < -0.39 is 5.97 Å². The largest absolute Gasteiger partial charge is 0.480 e. The van der Waals surface area contributed by atoms with Crippen LogP contribution in [0.1, 0.15) is 58.3 Å². The van der Waals surface area contributed by atoms with Gasteiger partial charge < -0.3 is 10.4 Å². The molecule has 0 aromatic heterocycles. The standard InChI is InChI=1S/C13H25NO2/c1-2-14-12(13(15)16)10-6-9-11-7-4-3-5-8-11/h11-12,14H,2-10H2,1H3,(H,15,16). The van der Waals surface area contributed by atoms with Crippen molar-refractivity contribution in [3.05, 3.63) is 0 Å². The maximum atomic E-state index is 10.9. The molecule has 2 N–H and O–H groups in total. The summed E-state index contributed by atoms with van der Waals surface area (Å²) in [6.45, 7) is 2.69. The van der Waals surface area contributed by atoms with Crippen LogP contribution in [0.5, 0.6) is 0 Å². The minimum atomic E-state index is -0.703. The molecule has 3 heteroatoms. The van der Waals surface area contributed by atoms with Gasteiger partial charge in [-0.25, -0.2) is 0 Å². The molecule has 0 aromatic carbocycles. The van der Waals surface area contributed by atoms with Gasteiger partial charge in [0.15, 0.2) is 0 Å². The summed E-state index contributed by atoms with van der Waals surface area (Å²) in [6, 6.07) is -0.339. The molecule has 1 aliphatic rings. The second-order valence-electron chi connectivity index (χ2n) is 4.88. The van der Waals surface area contributed by atoms with Crippen LogP contribution < -0.4 is 5.32 Å². The highest BCUT2D eigenvalue weighted by molar-refractivity contribution is 5.73. The van der Waals surface area contributed by atoms with Crippen molar-refractivity contribution >= 4 is 5.97 Å². The molecular weight excluding hydrogens is 202 g/mol. The first-order valence-corrected chi connectivity index (χ1v) is 6.70. The molecule has 1 saturated carbocycles. The summed E-state index contributed by atoms with van der Waals surface area (Å²) in [5.74, 6) is 0.162. The van der Waals surface area contributed by atoms with Gasteiger partial charge in [0.2, 0.25) is 0 Å². The molecule has 1 aliphatic carbocycles. The van der Waals surface area contributed by atoms with E-state index in [1.807, 2.05) is 6.92 Å². The Bertz CT molecular complexity index is 200. The average molecular weight is 227 g/mol. The highest BCUT2D eigenvalue weighted by Crippen LogP contribution is 2.27. The fourth-order valence-electron chi connectivity index (χ4n) is 2.65. The van der Waals surface area contributed by atoms with Crippen molar-refractivity contribution in [2.45, 2.75) is 64.3 Å². The number of likely N-dealkylation sites (N-methyl/N-ethyl adjacent to an activating group) is 1. The Labute approximate surface area is 98.6 Å². The third-order valence-electron chi connectivity index (χ3n) is 3.58. The summed E-state index contributed by atoms with van der Waals surface area (Å²) < 4.78 is 0. The first kappa shape index (κ1) is 13.5. The second-order valence-corrected chi connectivity index (χ2v) is 4.88. The Morgan fingerprint density at radius 3 is 2.62 bits per heavy atom. The summed E-state index contributed by atoms with van der Waals surface area (Å²) in [5.41, 5.74) is 0. The number of hydrogen-bond acceptors (Lipinski definition) is 2. The molecule has 0 bridgehead atoms. The Morgan fingerprint density at radius 1 is 1.38 bits per heavy atom. The second kappa shape index (κ2) is 7.66. The van der Waals surface area contributed by atoms with Gasteiger partial charge in [0.25, 0.3) is 0 Å². The Kier molecular flexibility index (Phi) is 6.46. The van der Waals surface area contributed by atoms with Crippen LogP contribution in [0, 0.1) is 5.92 Å². The van der Waals surface area contributed by atoms with Crippen molar-refractivity contribution in [1.82, 2.24) is 5.32 Å². The average Bonchev–Trinajstić information content (AvgIpc) is 2.29. The fourth-order valence-corrected chi connectivity index (χ4v) is 2.65. The van der Waals surface area contributed by atoms with E-state index in [1.165, 1.54) is 38.5 Å². The van der Waals surface area contributed by atoms with Gasteiger partial charge in [0.05, 0.1) is 0 Å². The zero-order valence-electron chi connectivity index (χ0n) is 10.4. The molecule has 0 amide bonds. The van der Waals surface area contributed by atoms with Gasteiger partial charge in [0, 0.05) is 0 Å². The number of carboxylic acids is 1. The van der Waals surface area contributed by atoms with Gasteiger partial charge in [-0.05, 0) is 18.9 Å². The first-order chi connectivity index (χ1) is 7.74. The van der Waals surface area contributed by atoms with Gasteiger partial charge in [-0.15, -0.1) is 0 Å². The van der Waals surface area contributed by atoms with Crippen molar-refractivity contribution < 1.29 is 9.90 Å². The summed E-state index contributed by atoms with van der Waals surface area (Å²) >= 11 is 0. The van der Waals surface area contributed by atoms with Crippen LogP contribution in [0.4, 0.5) is 0 Å². The van der Waals surface area contributed by atoms with Gasteiger partial charge in [-0.2, -0.15) is 0 Å². The SMILES string of the molecule is CCNC(CCCC1CCCCC1)C(=O)O. The molecule has 94 valence electrons. The van der Waals surface area contributed by atoms with Crippen LogP contribution in [-0.4, -0.2) is 23.7 Å². The van der Waals surface area contributed by atoms with E-state index >= 15 is 0 Å². The number of aliphatic carboxylic acids is 1. The zero-order chi connectivity index (χ0) is 11.8. The molecule has 1 unspecified atom stereocenters. The maximum Gasteiger partial charge on any atom is 0.320 e. The van der Waals surface area contributed by atoms with Crippen molar-refractivity contribution in [2.24, 2.45) is 5.92 Å². The van der Waals surface area contributed by atoms with Crippen LogP contribution in [0.3, 0.4) is 0 Å². The normalized spacial score (nSPS) is 19.6. The zero-order valence-corrected chi connectivity index (χ0v) is 10.4. The van der Waals surface area contributed by atoms with Crippen molar-refractivity contribution in [1.29, 1.82) is 0 Å². The lowest BCUT2D eigenvalue weighted by atomic mass is 9.85. The third-order valence-corrected chi connectivity index (χ3v) is 3.58. The van der Waals surface area contributed by atoms with E-state index in [0.29, 0.717) is 0 Å². The van der Waals surface area contributed by atoms with Crippen molar-refractivity contribution in [3.8, 4) is 0 Å². The van der Waals surface area contributed by atoms with Crippen LogP contribution in [0.15, 0.2) is 0 Å². The lowest BCUT2D eigenvalue weighted by molar-refractivity contribution is -0.139. The van der Waals surface area contributed by atoms with Crippen molar-refractivity contribution in [3.63, 3.8) is 0 Å². The Hall–Kier alpha value is -0.570. The van der Waals surface area contributed by atoms with Crippen LogP contribution >= 0.6 is 0 Å². The Morgan fingerprint density at radius 2 is 2.06 bits per heavy atom. The minimum Gasteiger partial charge on any atom is -0.480 e. The molecule has 3 nitrogen and oxygen atoms in total. The van der Waals surface area contributed by atoms with Gasteiger partial charge >= 0.3 is 5.97 Å². The van der Waals surface area contributed by atoms with Gasteiger partial charge in [-0.1, -0.05) is 51.9 Å². The number of hydrogen-bond donors (Lipinski definition) is 2. The van der Waals surface area contributed by atoms with E-state index in [1.54, 1.807) is 0 Å². The number of nitrogens with one attached hydrogen (secondary N) is 1. The number of carbonyl (C=O) groups is 1. The topological polar surface area (TPSA) is 49.3 Å². The van der Waals surface area contributed by atoms with E-state index in [-0.39, 0.29) is 6.04 Å². The molecule has 1 fully saturated rings. The molecular formula is C13H25NO2. The Balaban J connectivity index is 2.13. The van der Waals surface area contributed by atoms with Gasteiger partial charge in [0.1, 0.15) is 6.04 Å². The molecule has 0 spiro atoms. The van der Waals surface area contributed by atoms with Crippen LogP contribution in [0.25, 0.3) is 0 Å². The number of rotatable bonds is 7. The van der Waals surface area contributed by atoms with Crippen LogP contribution in [0.2, 0.25) is 0 Å². The molecule has 0 aliphatic heterocycles. The predicted molar refractivity (Wildman–Crippen MR) is 65.5 cm³/mol. The third kappa shape index (κ3) is 4.97. The maximum absolute atomic E-state index is 10.9. The molecule has 0 saturated heterocycles. The fraction of sp³-hybridized carbons (Fsp3) is 0.923.